The molecule has 1 aromatic carbocycles. The van der Waals surface area contributed by atoms with E-state index in [-0.39, 0.29) is 34.5 Å². The van der Waals surface area contributed by atoms with E-state index >= 15 is 0 Å². The summed E-state index contributed by atoms with van der Waals surface area (Å²) in [5.74, 6) is 0.115. The molecule has 1 heterocycles. The molecule has 1 unspecified atom stereocenters. The second-order valence-electron chi connectivity index (χ2n) is 8.99. The molecule has 3 fully saturated rings. The van der Waals surface area contributed by atoms with Gasteiger partial charge in [-0.2, -0.15) is 0 Å². The third kappa shape index (κ3) is 2.94. The van der Waals surface area contributed by atoms with E-state index in [0.717, 1.165) is 56.3 Å². The fourth-order valence-corrected chi connectivity index (χ4v) is 5.38. The summed E-state index contributed by atoms with van der Waals surface area (Å²) in [5, 5.41) is 10.0. The smallest absolute Gasteiger partial charge is 0.274 e. The summed E-state index contributed by atoms with van der Waals surface area (Å²) in [5.41, 5.74) is 1.69. The van der Waals surface area contributed by atoms with Crippen LogP contribution in [0.1, 0.15) is 60.8 Å². The summed E-state index contributed by atoms with van der Waals surface area (Å²) >= 11 is 0. The van der Waals surface area contributed by atoms with Gasteiger partial charge < -0.3 is 15.2 Å². The van der Waals surface area contributed by atoms with Crippen LogP contribution in [0.4, 0.5) is 10.1 Å². The Morgan fingerprint density at radius 3 is 2.55 bits per heavy atom. The third-order valence-electron chi connectivity index (χ3n) is 7.04. The zero-order chi connectivity index (χ0) is 20.2. The number of benzene rings is 1. The van der Waals surface area contributed by atoms with Crippen LogP contribution < -0.4 is 10.6 Å². The molecule has 6 nitrogen and oxygen atoms in total. The number of nitrogens with one attached hydrogen (secondary N) is 2. The van der Waals surface area contributed by atoms with Crippen molar-refractivity contribution in [3.8, 4) is 0 Å². The first kappa shape index (κ1) is 18.3. The second kappa shape index (κ2) is 6.40. The molecule has 1 atom stereocenters. The van der Waals surface area contributed by atoms with Crippen molar-refractivity contribution in [2.24, 2.45) is 11.3 Å². The molecule has 2 amide bonds. The van der Waals surface area contributed by atoms with Gasteiger partial charge in [-0.05, 0) is 68.2 Å². The van der Waals surface area contributed by atoms with E-state index in [9.17, 15) is 14.0 Å². The molecule has 29 heavy (non-hydrogen) atoms. The molecule has 152 valence electrons. The minimum atomic E-state index is -0.332. The van der Waals surface area contributed by atoms with Crippen molar-refractivity contribution in [2.75, 3.05) is 5.32 Å². The quantitative estimate of drug-likeness (QED) is 0.807. The van der Waals surface area contributed by atoms with E-state index in [1.807, 2.05) is 6.92 Å². The molecule has 0 aliphatic heterocycles. The minimum Gasteiger partial charge on any atom is -0.360 e. The summed E-state index contributed by atoms with van der Waals surface area (Å²) in [6.45, 7) is 1.93. The highest BCUT2D eigenvalue weighted by Gasteiger charge is 2.71. The van der Waals surface area contributed by atoms with E-state index in [1.165, 1.54) is 12.1 Å². The van der Waals surface area contributed by atoms with Crippen molar-refractivity contribution in [1.82, 2.24) is 10.5 Å². The number of nitrogens with zero attached hydrogens (tertiary/aromatic N) is 1. The molecule has 0 spiro atoms. The van der Waals surface area contributed by atoms with Gasteiger partial charge in [0, 0.05) is 29.1 Å². The molecule has 3 saturated carbocycles. The van der Waals surface area contributed by atoms with Crippen molar-refractivity contribution in [1.29, 1.82) is 0 Å². The first-order chi connectivity index (χ1) is 13.9. The number of aryl methyl sites for hydroxylation is 1. The molecule has 2 N–H and O–H groups in total. The number of halogens is 1. The lowest BCUT2D eigenvalue weighted by atomic mass is 9.36. The normalized spacial score (nSPS) is 27.8. The molecule has 0 radical (unpaired) electrons. The highest BCUT2D eigenvalue weighted by atomic mass is 19.1. The SMILES string of the molecule is CC(C(=O)Nc1ccc(F)cc1)C12CC(NC(=O)c3noc4c3CCCC4)(C1)C2. The van der Waals surface area contributed by atoms with Crippen LogP contribution in [0.2, 0.25) is 0 Å². The maximum atomic E-state index is 13.0. The summed E-state index contributed by atoms with van der Waals surface area (Å²) in [7, 11) is 0. The number of fused-ring (bicyclic) bond motifs is 1. The van der Waals surface area contributed by atoms with Crippen molar-refractivity contribution in [3.63, 3.8) is 0 Å². The monoisotopic (exact) mass is 397 g/mol. The molecular weight excluding hydrogens is 373 g/mol. The molecule has 0 saturated heterocycles. The van der Waals surface area contributed by atoms with E-state index < -0.39 is 0 Å². The first-order valence-corrected chi connectivity index (χ1v) is 10.3. The minimum absolute atomic E-state index is 0.0678. The molecular formula is C22H24FN3O3. The number of carbonyl (C=O) groups excluding carboxylic acids is 2. The molecule has 4 aliphatic carbocycles. The maximum Gasteiger partial charge on any atom is 0.274 e. The predicted molar refractivity (Wildman–Crippen MR) is 104 cm³/mol. The highest BCUT2D eigenvalue weighted by Crippen LogP contribution is 2.70. The average Bonchev–Trinajstić information content (AvgIpc) is 3.09. The van der Waals surface area contributed by atoms with Gasteiger partial charge >= 0.3 is 0 Å². The molecule has 2 aromatic rings. The number of anilines is 1. The Morgan fingerprint density at radius 1 is 1.14 bits per heavy atom. The summed E-state index contributed by atoms with van der Waals surface area (Å²) < 4.78 is 18.4. The van der Waals surface area contributed by atoms with Crippen LogP contribution in [-0.4, -0.2) is 22.5 Å². The Hall–Kier alpha value is -2.70. The fraction of sp³-hybridized carbons (Fsp3) is 0.500. The predicted octanol–water partition coefficient (Wildman–Crippen LogP) is 3.62. The van der Waals surface area contributed by atoms with E-state index in [4.69, 9.17) is 4.52 Å². The molecule has 7 heteroatoms. The lowest BCUT2D eigenvalue weighted by molar-refractivity contribution is -0.184. The van der Waals surface area contributed by atoms with Gasteiger partial charge in [0.15, 0.2) is 5.69 Å². The maximum absolute atomic E-state index is 13.0. The van der Waals surface area contributed by atoms with Crippen LogP contribution in [0.25, 0.3) is 0 Å². The van der Waals surface area contributed by atoms with Crippen LogP contribution in [0, 0.1) is 17.2 Å². The number of hydrogen-bond acceptors (Lipinski definition) is 4. The molecule has 6 rings (SSSR count). The fourth-order valence-electron chi connectivity index (χ4n) is 5.38. The van der Waals surface area contributed by atoms with Crippen molar-refractivity contribution < 1.29 is 18.5 Å². The van der Waals surface area contributed by atoms with Crippen molar-refractivity contribution in [3.05, 3.63) is 47.1 Å². The average molecular weight is 397 g/mol. The van der Waals surface area contributed by atoms with Gasteiger partial charge in [0.2, 0.25) is 5.91 Å². The molecule has 1 aromatic heterocycles. The number of carbonyl (C=O) groups is 2. The Kier molecular flexibility index (Phi) is 4.05. The summed E-state index contributed by atoms with van der Waals surface area (Å²) in [4.78, 5) is 25.4. The van der Waals surface area contributed by atoms with E-state index in [2.05, 4.69) is 15.8 Å². The van der Waals surface area contributed by atoms with Gasteiger partial charge in [-0.15, -0.1) is 0 Å². The van der Waals surface area contributed by atoms with Crippen molar-refractivity contribution in [2.45, 2.75) is 57.4 Å². The van der Waals surface area contributed by atoms with Crippen LogP contribution in [0.5, 0.6) is 0 Å². The van der Waals surface area contributed by atoms with Gasteiger partial charge in [-0.3, -0.25) is 9.59 Å². The molecule has 4 aliphatic rings. The zero-order valence-corrected chi connectivity index (χ0v) is 16.4. The largest absolute Gasteiger partial charge is 0.360 e. The lowest BCUT2D eigenvalue weighted by Crippen LogP contribution is -2.77. The Morgan fingerprint density at radius 2 is 1.83 bits per heavy atom. The number of amides is 2. The third-order valence-corrected chi connectivity index (χ3v) is 7.04. The standard InChI is InChI=1S/C22H24FN3O3/c1-13(19(27)24-15-8-6-14(23)7-9-15)21-10-22(11-21,12-21)25-20(28)18-16-4-2-3-5-17(16)29-26-18/h6-9,13H,2-5,10-12H2,1H3,(H,24,27)(H,25,28). The van der Waals surface area contributed by atoms with Gasteiger partial charge in [-0.1, -0.05) is 12.1 Å². The van der Waals surface area contributed by atoms with E-state index in [0.29, 0.717) is 11.4 Å². The Labute approximate surface area is 168 Å². The second-order valence-corrected chi connectivity index (χ2v) is 8.99. The molecule has 2 bridgehead atoms. The van der Waals surface area contributed by atoms with Gasteiger partial charge in [-0.25, -0.2) is 4.39 Å². The Bertz CT molecular complexity index is 962. The number of rotatable bonds is 5. The summed E-state index contributed by atoms with van der Waals surface area (Å²) in [6, 6.07) is 5.77. The number of aromatic nitrogens is 1. The van der Waals surface area contributed by atoms with E-state index in [1.54, 1.807) is 12.1 Å². The highest BCUT2D eigenvalue weighted by molar-refractivity contribution is 5.95. The van der Waals surface area contributed by atoms with Crippen LogP contribution in [0.15, 0.2) is 28.8 Å². The summed E-state index contributed by atoms with van der Waals surface area (Å²) in [6.07, 6.45) is 6.22. The zero-order valence-electron chi connectivity index (χ0n) is 16.4. The van der Waals surface area contributed by atoms with Crippen LogP contribution in [-0.2, 0) is 17.6 Å². The van der Waals surface area contributed by atoms with Crippen LogP contribution in [0.3, 0.4) is 0 Å². The first-order valence-electron chi connectivity index (χ1n) is 10.3. The van der Waals surface area contributed by atoms with Gasteiger partial charge in [0.05, 0.1) is 0 Å². The van der Waals surface area contributed by atoms with Crippen molar-refractivity contribution >= 4 is 17.5 Å². The van der Waals surface area contributed by atoms with Crippen LogP contribution >= 0.6 is 0 Å². The van der Waals surface area contributed by atoms with Gasteiger partial charge in [0.1, 0.15) is 11.6 Å². The lowest BCUT2D eigenvalue weighted by Gasteiger charge is -2.72. The topological polar surface area (TPSA) is 84.2 Å². The number of hydrogen-bond donors (Lipinski definition) is 2. The Balaban J connectivity index is 1.19. The van der Waals surface area contributed by atoms with Gasteiger partial charge in [0.25, 0.3) is 5.91 Å².